The summed E-state index contributed by atoms with van der Waals surface area (Å²) in [6.07, 6.45) is 11.0. The molecule has 0 unspecified atom stereocenters. The van der Waals surface area contributed by atoms with Crippen molar-refractivity contribution in [3.05, 3.63) is 40.4 Å². The molecule has 0 bridgehead atoms. The Morgan fingerprint density at radius 1 is 0.720 bits per heavy atom. The van der Waals surface area contributed by atoms with Gasteiger partial charge in [0.05, 0.1) is 0 Å². The van der Waals surface area contributed by atoms with Crippen LogP contribution in [-0.4, -0.2) is 16.1 Å². The maximum absolute atomic E-state index is 2.68. The molecule has 0 radical (unpaired) electrons. The summed E-state index contributed by atoms with van der Waals surface area (Å²) in [6.45, 7) is 10.3. The van der Waals surface area contributed by atoms with Crippen molar-refractivity contribution in [3.63, 3.8) is 0 Å². The van der Waals surface area contributed by atoms with Crippen LogP contribution in [0.25, 0.3) is 0 Å². The fourth-order valence-electron chi connectivity index (χ4n) is 4.90. The van der Waals surface area contributed by atoms with E-state index in [0.29, 0.717) is 0 Å². The van der Waals surface area contributed by atoms with Crippen molar-refractivity contribution in [2.75, 3.05) is 0 Å². The normalized spacial score (nSPS) is 25.9. The summed E-state index contributed by atoms with van der Waals surface area (Å²) in [4.78, 5) is 0. The van der Waals surface area contributed by atoms with Crippen LogP contribution in [0.4, 0.5) is 0 Å². The van der Waals surface area contributed by atoms with E-state index in [1.54, 1.807) is 35.3 Å². The SMILES string of the molecule is CC1=[C]([Hf+2][C]2=C(C)CC=C2[Si]2(C)CCC2)C([Si]2(C)CCC2)=CC1.[Cl-].[Cl-]. The van der Waals surface area contributed by atoms with Crippen LogP contribution in [0.3, 0.4) is 0 Å². The van der Waals surface area contributed by atoms with Crippen LogP contribution in [0.2, 0.25) is 37.3 Å². The first-order valence-electron chi connectivity index (χ1n) is 9.52. The molecule has 0 nitrogen and oxygen atoms in total. The van der Waals surface area contributed by atoms with Crippen LogP contribution in [0.1, 0.15) is 39.5 Å². The molecule has 2 aliphatic carbocycles. The summed E-state index contributed by atoms with van der Waals surface area (Å²) in [5.74, 6) is 0. The average molecular weight is 576 g/mol. The molecular weight excluding hydrogens is 546 g/mol. The monoisotopic (exact) mass is 576 g/mol. The molecule has 5 heteroatoms. The Bertz CT molecular complexity index is 622. The van der Waals surface area contributed by atoms with Crippen LogP contribution in [0.15, 0.2) is 40.4 Å². The molecule has 2 fully saturated rings. The van der Waals surface area contributed by atoms with Gasteiger partial charge in [-0.2, -0.15) is 0 Å². The van der Waals surface area contributed by atoms with E-state index in [1.807, 2.05) is 17.1 Å². The van der Waals surface area contributed by atoms with Gasteiger partial charge in [-0.15, -0.1) is 0 Å². The van der Waals surface area contributed by atoms with Crippen LogP contribution in [0, 0.1) is 0 Å². The van der Waals surface area contributed by atoms with Gasteiger partial charge < -0.3 is 24.8 Å². The van der Waals surface area contributed by atoms with Gasteiger partial charge in [0.1, 0.15) is 0 Å². The average Bonchev–Trinajstić information content (AvgIpc) is 3.00. The minimum absolute atomic E-state index is 0. The first-order valence-corrected chi connectivity index (χ1v) is 18.9. The molecule has 4 rings (SSSR count). The molecule has 0 spiro atoms. The van der Waals surface area contributed by atoms with E-state index in [1.165, 1.54) is 25.7 Å². The Hall–Kier alpha value is 0.844. The second-order valence-corrected chi connectivity index (χ2v) is 22.7. The Morgan fingerprint density at radius 3 is 1.36 bits per heavy atom. The van der Waals surface area contributed by atoms with Crippen LogP contribution >= 0.6 is 0 Å². The molecule has 0 N–H and O–H groups in total. The van der Waals surface area contributed by atoms with Crippen molar-refractivity contribution in [2.24, 2.45) is 0 Å². The molecule has 0 atom stereocenters. The topological polar surface area (TPSA) is 0 Å². The summed E-state index contributed by atoms with van der Waals surface area (Å²) in [7, 11) is -2.01. The van der Waals surface area contributed by atoms with E-state index in [-0.39, 0.29) is 24.8 Å². The molecule has 2 heterocycles. The molecular formula is C20H30Cl2HfSi2. The van der Waals surface area contributed by atoms with Gasteiger partial charge >= 0.3 is 156 Å². The summed E-state index contributed by atoms with van der Waals surface area (Å²) < 4.78 is 3.97. The Balaban J connectivity index is 0.00000113. The Labute approximate surface area is 179 Å². The van der Waals surface area contributed by atoms with Gasteiger partial charge in [0.25, 0.3) is 0 Å². The molecule has 0 aromatic heterocycles. The largest absolute Gasteiger partial charge is 1.00 e. The van der Waals surface area contributed by atoms with Crippen LogP contribution < -0.4 is 24.8 Å². The van der Waals surface area contributed by atoms with Gasteiger partial charge in [0.2, 0.25) is 0 Å². The fourth-order valence-corrected chi connectivity index (χ4v) is 24.0. The van der Waals surface area contributed by atoms with E-state index < -0.39 is 39.1 Å². The van der Waals surface area contributed by atoms with Gasteiger partial charge in [0.15, 0.2) is 0 Å². The predicted molar refractivity (Wildman–Crippen MR) is 102 cm³/mol. The van der Waals surface area contributed by atoms with E-state index in [4.69, 9.17) is 0 Å². The van der Waals surface area contributed by atoms with Crippen molar-refractivity contribution in [1.82, 2.24) is 0 Å². The molecule has 4 aliphatic rings. The molecule has 25 heavy (non-hydrogen) atoms. The molecule has 0 saturated carbocycles. The van der Waals surface area contributed by atoms with E-state index >= 15 is 0 Å². The Morgan fingerprint density at radius 2 is 1.08 bits per heavy atom. The zero-order valence-electron chi connectivity index (χ0n) is 16.1. The number of rotatable bonds is 4. The van der Waals surface area contributed by atoms with Gasteiger partial charge in [0, 0.05) is 0 Å². The van der Waals surface area contributed by atoms with E-state index in [0.717, 1.165) is 0 Å². The molecule has 136 valence electrons. The minimum atomic E-state index is -1.00. The first-order chi connectivity index (χ1) is 10.9. The summed E-state index contributed by atoms with van der Waals surface area (Å²) in [6, 6.07) is 6.30. The fraction of sp³-hybridized carbons (Fsp3) is 0.600. The minimum Gasteiger partial charge on any atom is -1.00 e. The van der Waals surface area contributed by atoms with Gasteiger partial charge in [-0.1, -0.05) is 0 Å². The molecule has 0 aromatic carbocycles. The van der Waals surface area contributed by atoms with Crippen molar-refractivity contribution < 1.29 is 47.7 Å². The molecule has 0 aromatic rings. The van der Waals surface area contributed by atoms with Crippen molar-refractivity contribution in [1.29, 1.82) is 0 Å². The summed E-state index contributed by atoms with van der Waals surface area (Å²) in [5, 5.41) is 3.91. The molecule has 2 aliphatic heterocycles. The zero-order chi connectivity index (χ0) is 16.2. The van der Waals surface area contributed by atoms with Crippen LogP contribution in [-0.2, 0) is 22.9 Å². The van der Waals surface area contributed by atoms with Gasteiger partial charge in [-0.05, 0) is 0 Å². The number of hydrogen-bond donors (Lipinski definition) is 0. The van der Waals surface area contributed by atoms with Gasteiger partial charge in [-0.3, -0.25) is 0 Å². The van der Waals surface area contributed by atoms with Crippen LogP contribution in [0.5, 0.6) is 0 Å². The molecule has 0 amide bonds. The standard InChI is InChI=1S/2C10H15Si.2ClH.Hf/c2*1-9-4-5-10(8-9)11(2)6-3-7-11;;;/h2*5H,3-4,6-7H2,1-2H3;2*1H;/q;;;;+2/p-2. The van der Waals surface area contributed by atoms with E-state index in [2.05, 4.69) is 39.1 Å². The summed E-state index contributed by atoms with van der Waals surface area (Å²) >= 11 is -0.853. The van der Waals surface area contributed by atoms with E-state index in [9.17, 15) is 0 Å². The zero-order valence-corrected chi connectivity index (χ0v) is 23.2. The number of allylic oxidation sites excluding steroid dienone is 8. The predicted octanol–water partition coefficient (Wildman–Crippen LogP) is 0.328. The maximum atomic E-state index is 2.68. The number of hydrogen-bond acceptors (Lipinski definition) is 0. The third-order valence-corrected chi connectivity index (χ3v) is 25.0. The second kappa shape index (κ2) is 8.07. The second-order valence-electron chi connectivity index (χ2n) is 8.91. The van der Waals surface area contributed by atoms with Gasteiger partial charge in [-0.25, -0.2) is 0 Å². The summed E-state index contributed by atoms with van der Waals surface area (Å²) in [5.41, 5.74) is 3.55. The smallest absolute Gasteiger partial charge is 1.00 e. The molecule has 2 saturated heterocycles. The number of halogens is 2. The first kappa shape index (κ1) is 22.1. The van der Waals surface area contributed by atoms with Crippen molar-refractivity contribution >= 4 is 16.1 Å². The third kappa shape index (κ3) is 3.74. The van der Waals surface area contributed by atoms with Crippen molar-refractivity contribution in [3.8, 4) is 0 Å². The third-order valence-electron chi connectivity index (χ3n) is 7.08. The Kier molecular flexibility index (Phi) is 7.14. The van der Waals surface area contributed by atoms with Crippen molar-refractivity contribution in [2.45, 2.75) is 76.8 Å². The quantitative estimate of drug-likeness (QED) is 0.424. The maximum Gasteiger partial charge on any atom is -1.00 e.